The Bertz CT molecular complexity index is 877. The summed E-state index contributed by atoms with van der Waals surface area (Å²) in [5.41, 5.74) is 1.64. The van der Waals surface area contributed by atoms with E-state index in [1.165, 1.54) is 12.8 Å². The summed E-state index contributed by atoms with van der Waals surface area (Å²) >= 11 is 0. The zero-order valence-electron chi connectivity index (χ0n) is 16.5. The van der Waals surface area contributed by atoms with Gasteiger partial charge in [0, 0.05) is 19.5 Å². The minimum absolute atomic E-state index is 0.0777. The number of rotatable bonds is 5. The summed E-state index contributed by atoms with van der Waals surface area (Å²) in [5, 5.41) is 0. The molecule has 0 bridgehead atoms. The Morgan fingerprint density at radius 1 is 1.18 bits per heavy atom. The average molecular weight is 378 g/mol. The van der Waals surface area contributed by atoms with Gasteiger partial charge in [-0.15, -0.1) is 0 Å². The fourth-order valence-electron chi connectivity index (χ4n) is 4.38. The van der Waals surface area contributed by atoms with Crippen molar-refractivity contribution < 1.29 is 9.59 Å². The Morgan fingerprint density at radius 2 is 1.89 bits per heavy atom. The standard InChI is InChI=1S/C22H26N4O2/c1-3-17-22(28)25(2)18-14-23-20(19(27)13-15-9-5-4-6-10-15)24-21(18)26(17)16-11-7-8-12-16/h4-6,9-10,14,16-17H,3,7-8,11-13H2,1-2H3/t17-/m1/s1. The van der Waals surface area contributed by atoms with Crippen molar-refractivity contribution in [2.75, 3.05) is 16.8 Å². The molecule has 1 aliphatic carbocycles. The first-order valence-electron chi connectivity index (χ1n) is 10.1. The van der Waals surface area contributed by atoms with Crippen LogP contribution in [0.4, 0.5) is 11.5 Å². The van der Waals surface area contributed by atoms with Gasteiger partial charge in [0.05, 0.1) is 6.20 Å². The van der Waals surface area contributed by atoms with E-state index in [-0.39, 0.29) is 30.0 Å². The fourth-order valence-corrected chi connectivity index (χ4v) is 4.38. The van der Waals surface area contributed by atoms with Crippen LogP contribution in [0.3, 0.4) is 0 Å². The van der Waals surface area contributed by atoms with Gasteiger partial charge in [-0.25, -0.2) is 9.97 Å². The number of fused-ring (bicyclic) bond motifs is 1. The van der Waals surface area contributed by atoms with Gasteiger partial charge in [0.1, 0.15) is 11.7 Å². The molecule has 28 heavy (non-hydrogen) atoms. The Morgan fingerprint density at radius 3 is 2.57 bits per heavy atom. The van der Waals surface area contributed by atoms with Crippen molar-refractivity contribution >= 4 is 23.2 Å². The van der Waals surface area contributed by atoms with Crippen LogP contribution in [0.15, 0.2) is 36.5 Å². The topological polar surface area (TPSA) is 66.4 Å². The Labute approximate surface area is 165 Å². The molecule has 1 atom stereocenters. The Kier molecular flexibility index (Phi) is 5.11. The number of hydrogen-bond acceptors (Lipinski definition) is 5. The van der Waals surface area contributed by atoms with E-state index in [4.69, 9.17) is 0 Å². The van der Waals surface area contributed by atoms with Gasteiger partial charge in [-0.3, -0.25) is 9.59 Å². The molecule has 0 N–H and O–H groups in total. The van der Waals surface area contributed by atoms with Gasteiger partial charge < -0.3 is 9.80 Å². The third-order valence-electron chi connectivity index (χ3n) is 5.87. The van der Waals surface area contributed by atoms with Gasteiger partial charge in [-0.1, -0.05) is 50.1 Å². The molecular formula is C22H26N4O2. The van der Waals surface area contributed by atoms with Crippen molar-refractivity contribution in [3.63, 3.8) is 0 Å². The summed E-state index contributed by atoms with van der Waals surface area (Å²) < 4.78 is 0. The lowest BCUT2D eigenvalue weighted by molar-refractivity contribution is -0.120. The zero-order chi connectivity index (χ0) is 19.7. The molecule has 0 saturated heterocycles. The summed E-state index contributed by atoms with van der Waals surface area (Å²) in [7, 11) is 1.77. The maximum absolute atomic E-state index is 12.9. The summed E-state index contributed by atoms with van der Waals surface area (Å²) in [6.45, 7) is 2.03. The van der Waals surface area contributed by atoms with Crippen LogP contribution in [0, 0.1) is 0 Å². The average Bonchev–Trinajstić information content (AvgIpc) is 3.25. The minimum atomic E-state index is -0.229. The predicted octanol–water partition coefficient (Wildman–Crippen LogP) is 3.41. The van der Waals surface area contributed by atoms with E-state index in [2.05, 4.69) is 14.9 Å². The predicted molar refractivity (Wildman–Crippen MR) is 109 cm³/mol. The molecule has 2 aliphatic rings. The van der Waals surface area contributed by atoms with Gasteiger partial charge in [-0.2, -0.15) is 0 Å². The van der Waals surface area contributed by atoms with Crippen molar-refractivity contribution in [3.05, 3.63) is 47.9 Å². The highest BCUT2D eigenvalue weighted by molar-refractivity contribution is 6.05. The van der Waals surface area contributed by atoms with Gasteiger partial charge in [-0.05, 0) is 24.8 Å². The lowest BCUT2D eigenvalue weighted by Gasteiger charge is -2.43. The summed E-state index contributed by atoms with van der Waals surface area (Å²) in [6, 6.07) is 9.71. The molecule has 6 heteroatoms. The fraction of sp³-hybridized carbons (Fsp3) is 0.455. The minimum Gasteiger partial charge on any atom is -0.340 e. The number of hydrogen-bond donors (Lipinski definition) is 0. The van der Waals surface area contributed by atoms with Crippen LogP contribution >= 0.6 is 0 Å². The highest BCUT2D eigenvalue weighted by Crippen LogP contribution is 2.39. The van der Waals surface area contributed by atoms with Crippen LogP contribution in [0.25, 0.3) is 0 Å². The number of ketones is 1. The smallest absolute Gasteiger partial charge is 0.249 e. The summed E-state index contributed by atoms with van der Waals surface area (Å²) in [4.78, 5) is 38.5. The quantitative estimate of drug-likeness (QED) is 0.746. The molecule has 2 aromatic rings. The Hall–Kier alpha value is -2.76. The van der Waals surface area contributed by atoms with Crippen molar-refractivity contribution in [1.82, 2.24) is 9.97 Å². The normalized spacial score (nSPS) is 19.8. The van der Waals surface area contributed by atoms with E-state index in [0.29, 0.717) is 11.7 Å². The molecule has 1 aromatic heterocycles. The van der Waals surface area contributed by atoms with Gasteiger partial charge >= 0.3 is 0 Å². The van der Waals surface area contributed by atoms with Crippen LogP contribution < -0.4 is 9.80 Å². The highest BCUT2D eigenvalue weighted by atomic mass is 16.2. The lowest BCUT2D eigenvalue weighted by atomic mass is 10.0. The SMILES string of the molecule is CC[C@@H]1C(=O)N(C)c2cnc(C(=O)Cc3ccccc3)nc2N1C1CCCC1. The molecule has 2 heterocycles. The van der Waals surface area contributed by atoms with Crippen molar-refractivity contribution in [1.29, 1.82) is 0 Å². The number of anilines is 2. The van der Waals surface area contributed by atoms with Crippen LogP contribution in [0.1, 0.15) is 55.2 Å². The van der Waals surface area contributed by atoms with E-state index in [0.717, 1.165) is 30.6 Å². The molecule has 4 rings (SSSR count). The number of nitrogens with zero attached hydrogens (tertiary/aromatic N) is 4. The van der Waals surface area contributed by atoms with Crippen molar-refractivity contribution in [2.45, 2.75) is 57.5 Å². The van der Waals surface area contributed by atoms with E-state index in [9.17, 15) is 9.59 Å². The number of Topliss-reactive ketones (excluding diaryl/α,β-unsaturated/α-hetero) is 1. The van der Waals surface area contributed by atoms with Crippen molar-refractivity contribution in [3.8, 4) is 0 Å². The second-order valence-corrected chi connectivity index (χ2v) is 7.65. The molecule has 0 spiro atoms. The van der Waals surface area contributed by atoms with Gasteiger partial charge in [0.2, 0.25) is 11.7 Å². The first-order chi connectivity index (χ1) is 13.6. The number of carbonyl (C=O) groups is 2. The molecule has 0 radical (unpaired) electrons. The number of benzene rings is 1. The number of carbonyl (C=O) groups excluding carboxylic acids is 2. The van der Waals surface area contributed by atoms with Crippen LogP contribution in [-0.4, -0.2) is 40.8 Å². The van der Waals surface area contributed by atoms with E-state index >= 15 is 0 Å². The molecule has 1 saturated carbocycles. The highest BCUT2D eigenvalue weighted by Gasteiger charge is 2.41. The Balaban J connectivity index is 1.71. The molecule has 1 aromatic carbocycles. The first-order valence-corrected chi connectivity index (χ1v) is 10.1. The van der Waals surface area contributed by atoms with Crippen LogP contribution in [0.2, 0.25) is 0 Å². The van der Waals surface area contributed by atoms with Gasteiger partial charge in [0.25, 0.3) is 0 Å². The van der Waals surface area contributed by atoms with Crippen LogP contribution in [0.5, 0.6) is 0 Å². The third kappa shape index (κ3) is 3.28. The maximum atomic E-state index is 12.9. The number of aromatic nitrogens is 2. The monoisotopic (exact) mass is 378 g/mol. The van der Waals surface area contributed by atoms with E-state index in [1.54, 1.807) is 18.1 Å². The molecule has 6 nitrogen and oxygen atoms in total. The number of likely N-dealkylation sites (N-methyl/N-ethyl adjacent to an activating group) is 1. The molecular weight excluding hydrogens is 352 g/mol. The van der Waals surface area contributed by atoms with E-state index in [1.807, 2.05) is 37.3 Å². The molecule has 1 aliphatic heterocycles. The molecule has 0 unspecified atom stereocenters. The second kappa shape index (κ2) is 7.70. The van der Waals surface area contributed by atoms with Crippen molar-refractivity contribution in [2.24, 2.45) is 0 Å². The number of amides is 1. The largest absolute Gasteiger partial charge is 0.340 e. The van der Waals surface area contributed by atoms with E-state index < -0.39 is 0 Å². The molecule has 1 amide bonds. The van der Waals surface area contributed by atoms with Crippen LogP contribution in [-0.2, 0) is 11.2 Å². The third-order valence-corrected chi connectivity index (χ3v) is 5.87. The maximum Gasteiger partial charge on any atom is 0.249 e. The zero-order valence-corrected chi connectivity index (χ0v) is 16.5. The molecule has 1 fully saturated rings. The first kappa shape index (κ1) is 18.6. The van der Waals surface area contributed by atoms with Gasteiger partial charge in [0.15, 0.2) is 11.6 Å². The summed E-state index contributed by atoms with van der Waals surface area (Å²) in [6.07, 6.45) is 7.08. The molecule has 146 valence electrons. The second-order valence-electron chi connectivity index (χ2n) is 7.65. The summed E-state index contributed by atoms with van der Waals surface area (Å²) in [5.74, 6) is 0.928. The lowest BCUT2D eigenvalue weighted by Crippen LogP contribution is -2.55.